The van der Waals surface area contributed by atoms with Gasteiger partial charge in [0.1, 0.15) is 5.82 Å². The number of aromatic amines is 1. The van der Waals surface area contributed by atoms with Gasteiger partial charge in [0.25, 0.3) is 0 Å². The van der Waals surface area contributed by atoms with E-state index in [0.717, 1.165) is 27.8 Å². The molecule has 3 aromatic rings. The van der Waals surface area contributed by atoms with Gasteiger partial charge in [0.15, 0.2) is 4.77 Å². The minimum atomic E-state index is -0.203. The molecule has 0 spiro atoms. The number of hydrogen-bond donors (Lipinski definition) is 1. The Hall–Kier alpha value is -1.94. The molecule has 4 heteroatoms. The lowest BCUT2D eigenvalue weighted by Gasteiger charge is -2.15. The predicted molar refractivity (Wildman–Crippen MR) is 86.7 cm³/mol. The molecule has 1 N–H and O–H groups in total. The molecule has 108 valence electrons. The molecule has 0 fully saturated rings. The van der Waals surface area contributed by atoms with E-state index in [0.29, 0.717) is 0 Å². The molecule has 2 nitrogen and oxygen atoms in total. The lowest BCUT2D eigenvalue weighted by atomic mass is 10.1. The van der Waals surface area contributed by atoms with Crippen LogP contribution in [0, 0.1) is 17.5 Å². The number of nitrogens with one attached hydrogen (secondary N) is 1. The molecule has 1 atom stereocenters. The third kappa shape index (κ3) is 2.76. The van der Waals surface area contributed by atoms with Crippen molar-refractivity contribution in [3.8, 4) is 0 Å². The van der Waals surface area contributed by atoms with Crippen molar-refractivity contribution in [2.45, 2.75) is 26.3 Å². The first-order valence-corrected chi connectivity index (χ1v) is 7.41. The smallest absolute Gasteiger partial charge is 0.178 e. The minimum Gasteiger partial charge on any atom is -0.331 e. The summed E-state index contributed by atoms with van der Waals surface area (Å²) in [5.74, 6) is -0.203. The van der Waals surface area contributed by atoms with E-state index in [4.69, 9.17) is 12.2 Å². The second-order valence-corrected chi connectivity index (χ2v) is 5.89. The van der Waals surface area contributed by atoms with Gasteiger partial charge in [-0.2, -0.15) is 0 Å². The largest absolute Gasteiger partial charge is 0.331 e. The highest BCUT2D eigenvalue weighted by Gasteiger charge is 2.12. The van der Waals surface area contributed by atoms with Crippen molar-refractivity contribution in [2.24, 2.45) is 0 Å². The van der Waals surface area contributed by atoms with Crippen LogP contribution in [0.4, 0.5) is 4.39 Å². The summed E-state index contributed by atoms with van der Waals surface area (Å²) in [4.78, 5) is 3.25. The number of aryl methyl sites for hydroxylation is 1. The summed E-state index contributed by atoms with van der Waals surface area (Å²) < 4.78 is 15.9. The van der Waals surface area contributed by atoms with Crippen LogP contribution >= 0.6 is 12.2 Å². The molecular formula is C17H17FN2S. The summed E-state index contributed by atoms with van der Waals surface area (Å²) >= 11 is 5.46. The van der Waals surface area contributed by atoms with E-state index < -0.39 is 0 Å². The topological polar surface area (TPSA) is 20.7 Å². The summed E-state index contributed by atoms with van der Waals surface area (Å²) in [5.41, 5.74) is 4.48. The van der Waals surface area contributed by atoms with Crippen LogP contribution in [0.25, 0.3) is 11.0 Å². The summed E-state index contributed by atoms with van der Waals surface area (Å²) in [7, 11) is 0. The molecule has 0 amide bonds. The summed E-state index contributed by atoms with van der Waals surface area (Å²) in [6, 6.07) is 13.1. The molecule has 0 aliphatic carbocycles. The molecule has 21 heavy (non-hydrogen) atoms. The Balaban J connectivity index is 1.99. The maximum atomic E-state index is 13.0. The second kappa shape index (κ2) is 5.45. The molecule has 0 radical (unpaired) electrons. The molecular weight excluding hydrogens is 283 g/mol. The van der Waals surface area contributed by atoms with Gasteiger partial charge in [0, 0.05) is 6.04 Å². The van der Waals surface area contributed by atoms with E-state index in [1.165, 1.54) is 17.7 Å². The van der Waals surface area contributed by atoms with Gasteiger partial charge < -0.3 is 9.55 Å². The summed E-state index contributed by atoms with van der Waals surface area (Å²) in [6.07, 6.45) is 0.815. The highest BCUT2D eigenvalue weighted by Crippen LogP contribution is 2.23. The Morgan fingerprint density at radius 2 is 1.90 bits per heavy atom. The van der Waals surface area contributed by atoms with E-state index in [-0.39, 0.29) is 11.9 Å². The zero-order chi connectivity index (χ0) is 15.0. The number of rotatable bonds is 3. The van der Waals surface area contributed by atoms with Crippen LogP contribution in [0.3, 0.4) is 0 Å². The quantitative estimate of drug-likeness (QED) is 0.679. The van der Waals surface area contributed by atoms with Gasteiger partial charge in [-0.25, -0.2) is 4.39 Å². The Morgan fingerprint density at radius 1 is 1.19 bits per heavy atom. The number of hydrogen-bond acceptors (Lipinski definition) is 1. The third-order valence-electron chi connectivity index (χ3n) is 3.76. The number of benzene rings is 2. The lowest BCUT2D eigenvalue weighted by molar-refractivity contribution is 0.551. The van der Waals surface area contributed by atoms with Crippen LogP contribution in [0.1, 0.15) is 24.1 Å². The molecule has 1 aromatic heterocycles. The average molecular weight is 300 g/mol. The molecule has 0 aliphatic heterocycles. The number of imidazole rings is 1. The van der Waals surface area contributed by atoms with Gasteiger partial charge in [-0.05, 0) is 67.9 Å². The van der Waals surface area contributed by atoms with E-state index in [1.54, 1.807) is 0 Å². The molecule has 1 heterocycles. The number of nitrogens with zero attached hydrogens (tertiary/aromatic N) is 1. The fraction of sp³-hybridized carbons (Fsp3) is 0.235. The van der Waals surface area contributed by atoms with Crippen LogP contribution in [0.2, 0.25) is 0 Å². The Kier molecular flexibility index (Phi) is 3.64. The Bertz CT molecular complexity index is 830. The molecule has 0 saturated heterocycles. The molecule has 0 saturated carbocycles. The van der Waals surface area contributed by atoms with Gasteiger partial charge in [-0.1, -0.05) is 18.2 Å². The first kappa shape index (κ1) is 14.0. The summed E-state index contributed by atoms with van der Waals surface area (Å²) in [5, 5.41) is 0. The zero-order valence-corrected chi connectivity index (χ0v) is 12.9. The van der Waals surface area contributed by atoms with E-state index in [2.05, 4.69) is 41.6 Å². The molecule has 2 aromatic carbocycles. The SMILES string of the molecule is Cc1ccc2[nH]c(=S)n(C(C)Cc3ccc(F)cc3)c2c1. The maximum Gasteiger partial charge on any atom is 0.178 e. The van der Waals surface area contributed by atoms with Gasteiger partial charge in [0.05, 0.1) is 11.0 Å². The van der Waals surface area contributed by atoms with E-state index in [1.807, 2.05) is 12.1 Å². The molecule has 0 bridgehead atoms. The number of aromatic nitrogens is 2. The highest BCUT2D eigenvalue weighted by atomic mass is 32.1. The van der Waals surface area contributed by atoms with Gasteiger partial charge in [0.2, 0.25) is 0 Å². The standard InChI is InChI=1S/C17H17FN2S/c1-11-3-8-15-16(9-11)20(17(21)19-15)12(2)10-13-4-6-14(18)7-5-13/h3-9,12H,10H2,1-2H3,(H,19,21). The van der Waals surface area contributed by atoms with Gasteiger partial charge in [-0.3, -0.25) is 0 Å². The first-order valence-electron chi connectivity index (χ1n) is 7.00. The normalized spacial score (nSPS) is 12.7. The van der Waals surface area contributed by atoms with Crippen molar-refractivity contribution in [3.05, 3.63) is 64.2 Å². The van der Waals surface area contributed by atoms with Gasteiger partial charge in [-0.15, -0.1) is 0 Å². The van der Waals surface area contributed by atoms with E-state index >= 15 is 0 Å². The van der Waals surface area contributed by atoms with Crippen molar-refractivity contribution in [3.63, 3.8) is 0 Å². The highest BCUT2D eigenvalue weighted by molar-refractivity contribution is 7.71. The van der Waals surface area contributed by atoms with Crippen LogP contribution in [0.15, 0.2) is 42.5 Å². The number of fused-ring (bicyclic) bond motifs is 1. The Morgan fingerprint density at radius 3 is 2.62 bits per heavy atom. The van der Waals surface area contributed by atoms with Crippen LogP contribution in [-0.4, -0.2) is 9.55 Å². The fourth-order valence-corrected chi connectivity index (χ4v) is 3.11. The van der Waals surface area contributed by atoms with Crippen LogP contribution in [0.5, 0.6) is 0 Å². The van der Waals surface area contributed by atoms with Crippen molar-refractivity contribution in [1.29, 1.82) is 0 Å². The van der Waals surface area contributed by atoms with Crippen molar-refractivity contribution in [2.75, 3.05) is 0 Å². The third-order valence-corrected chi connectivity index (χ3v) is 4.06. The fourth-order valence-electron chi connectivity index (χ4n) is 2.72. The van der Waals surface area contributed by atoms with Crippen LogP contribution in [-0.2, 0) is 6.42 Å². The molecule has 1 unspecified atom stereocenters. The predicted octanol–water partition coefficient (Wildman–Crippen LogP) is 4.95. The van der Waals surface area contributed by atoms with Crippen molar-refractivity contribution in [1.82, 2.24) is 9.55 Å². The summed E-state index contributed by atoms with van der Waals surface area (Å²) in [6.45, 7) is 4.21. The van der Waals surface area contributed by atoms with Crippen molar-refractivity contribution < 1.29 is 4.39 Å². The van der Waals surface area contributed by atoms with E-state index in [9.17, 15) is 4.39 Å². The number of H-pyrrole nitrogens is 1. The maximum absolute atomic E-state index is 13.0. The molecule has 3 rings (SSSR count). The minimum absolute atomic E-state index is 0.203. The van der Waals surface area contributed by atoms with Gasteiger partial charge >= 0.3 is 0 Å². The average Bonchev–Trinajstić information content (AvgIpc) is 2.76. The van der Waals surface area contributed by atoms with Crippen LogP contribution < -0.4 is 0 Å². The number of halogens is 1. The van der Waals surface area contributed by atoms with Crippen molar-refractivity contribution >= 4 is 23.3 Å². The monoisotopic (exact) mass is 300 g/mol. The Labute approximate surface area is 128 Å². The zero-order valence-electron chi connectivity index (χ0n) is 12.1. The molecule has 0 aliphatic rings. The first-order chi connectivity index (χ1) is 10.0. The second-order valence-electron chi connectivity index (χ2n) is 5.50. The lowest BCUT2D eigenvalue weighted by Crippen LogP contribution is -2.08.